The van der Waals surface area contributed by atoms with E-state index in [9.17, 15) is 0 Å². The van der Waals surface area contributed by atoms with E-state index in [-0.39, 0.29) is 17.7 Å². The largest absolute Gasteiger partial charge is 0.395 e. The van der Waals surface area contributed by atoms with E-state index in [1.165, 1.54) is 0 Å². The van der Waals surface area contributed by atoms with Gasteiger partial charge in [0.25, 0.3) is 0 Å². The van der Waals surface area contributed by atoms with Gasteiger partial charge in [-0.2, -0.15) is 0 Å². The number of benzene rings is 1. The summed E-state index contributed by atoms with van der Waals surface area (Å²) in [5.41, 5.74) is 6.38. The number of amidine groups is 1. The van der Waals surface area contributed by atoms with Crippen molar-refractivity contribution in [3.8, 4) is 0 Å². The van der Waals surface area contributed by atoms with E-state index in [1.807, 2.05) is 31.4 Å². The van der Waals surface area contributed by atoms with Gasteiger partial charge in [-0.25, -0.2) is 0 Å². The van der Waals surface area contributed by atoms with Crippen LogP contribution in [0.4, 0.5) is 0 Å². The second kappa shape index (κ2) is 6.18. The Labute approximate surface area is 104 Å². The zero-order chi connectivity index (χ0) is 12.1. The van der Waals surface area contributed by atoms with Crippen LogP contribution in [-0.4, -0.2) is 29.1 Å². The predicted octanol–water partition coefficient (Wildman–Crippen LogP) is 2.17. The normalized spacial score (nSPS) is 12.4. The summed E-state index contributed by atoms with van der Waals surface area (Å²) in [7, 11) is 0. The minimum atomic E-state index is 0.0811. The first-order valence-corrected chi connectivity index (χ1v) is 6.99. The molecule has 0 bridgehead atoms. The van der Waals surface area contributed by atoms with Crippen molar-refractivity contribution in [1.29, 1.82) is 5.41 Å². The molecular formula is C11H16N2OS2. The summed E-state index contributed by atoms with van der Waals surface area (Å²) >= 11 is 3.12. The Morgan fingerprint density at radius 2 is 2.12 bits per heavy atom. The molecule has 1 atom stereocenters. The molecule has 1 unspecified atom stereocenters. The molecule has 1 aromatic carbocycles. The van der Waals surface area contributed by atoms with E-state index in [2.05, 4.69) is 0 Å². The minimum Gasteiger partial charge on any atom is -0.395 e. The first-order valence-electron chi connectivity index (χ1n) is 4.89. The number of nitrogens with one attached hydrogen (secondary N) is 1. The third-order valence-corrected chi connectivity index (χ3v) is 3.99. The first kappa shape index (κ1) is 13.4. The third kappa shape index (κ3) is 3.17. The molecule has 1 rings (SSSR count). The number of aliphatic hydroxyl groups excluding tert-OH is 1. The topological polar surface area (TPSA) is 70.1 Å². The molecule has 88 valence electrons. The zero-order valence-corrected chi connectivity index (χ0v) is 11.0. The summed E-state index contributed by atoms with van der Waals surface area (Å²) < 4.78 is 0. The van der Waals surface area contributed by atoms with Crippen LogP contribution in [0.3, 0.4) is 0 Å². The Balaban J connectivity index is 3.12. The SMILES string of the molecule is CSc1cccc(SC(C)CO)c1C(=N)N. The second-order valence-corrected chi connectivity index (χ2v) is 5.69. The van der Waals surface area contributed by atoms with Crippen LogP contribution < -0.4 is 5.73 Å². The van der Waals surface area contributed by atoms with Gasteiger partial charge in [0.1, 0.15) is 5.84 Å². The maximum atomic E-state index is 9.04. The number of aliphatic hydroxyl groups is 1. The molecule has 3 nitrogen and oxygen atoms in total. The van der Waals surface area contributed by atoms with Crippen molar-refractivity contribution in [2.75, 3.05) is 12.9 Å². The fourth-order valence-electron chi connectivity index (χ4n) is 1.30. The lowest BCUT2D eigenvalue weighted by molar-refractivity contribution is 0.300. The number of thioether (sulfide) groups is 2. The Kier molecular flexibility index (Phi) is 5.18. The van der Waals surface area contributed by atoms with Gasteiger partial charge < -0.3 is 10.8 Å². The molecule has 16 heavy (non-hydrogen) atoms. The Morgan fingerprint density at radius 1 is 1.50 bits per heavy atom. The van der Waals surface area contributed by atoms with Crippen LogP contribution in [0.1, 0.15) is 12.5 Å². The Morgan fingerprint density at radius 3 is 2.62 bits per heavy atom. The summed E-state index contributed by atoms with van der Waals surface area (Å²) in [5, 5.41) is 16.8. The van der Waals surface area contributed by atoms with Crippen LogP contribution in [0.5, 0.6) is 0 Å². The summed E-state index contributed by atoms with van der Waals surface area (Å²) in [6.07, 6.45) is 1.96. The molecule has 0 amide bonds. The molecule has 0 aliphatic heterocycles. The van der Waals surface area contributed by atoms with Gasteiger partial charge in [0.2, 0.25) is 0 Å². The summed E-state index contributed by atoms with van der Waals surface area (Å²) in [6.45, 7) is 2.06. The van der Waals surface area contributed by atoms with E-state index in [4.69, 9.17) is 16.2 Å². The van der Waals surface area contributed by atoms with Crippen LogP contribution in [-0.2, 0) is 0 Å². The molecule has 0 saturated carbocycles. The molecule has 0 spiro atoms. The highest BCUT2D eigenvalue weighted by atomic mass is 32.2. The molecule has 0 heterocycles. The average molecular weight is 256 g/mol. The summed E-state index contributed by atoms with van der Waals surface area (Å²) in [4.78, 5) is 1.96. The fourth-order valence-corrected chi connectivity index (χ4v) is 3.01. The van der Waals surface area contributed by atoms with Gasteiger partial charge >= 0.3 is 0 Å². The van der Waals surface area contributed by atoms with Crippen LogP contribution >= 0.6 is 23.5 Å². The monoisotopic (exact) mass is 256 g/mol. The summed E-state index contributed by atoms with van der Waals surface area (Å²) in [6, 6.07) is 5.84. The van der Waals surface area contributed by atoms with Crippen molar-refractivity contribution in [1.82, 2.24) is 0 Å². The third-order valence-electron chi connectivity index (χ3n) is 2.06. The van der Waals surface area contributed by atoms with Crippen LogP contribution in [0.15, 0.2) is 28.0 Å². The molecule has 0 aliphatic rings. The van der Waals surface area contributed by atoms with Crippen LogP contribution in [0.2, 0.25) is 0 Å². The smallest absolute Gasteiger partial charge is 0.125 e. The van der Waals surface area contributed by atoms with Crippen molar-refractivity contribution in [2.24, 2.45) is 5.73 Å². The first-order chi connectivity index (χ1) is 7.60. The van der Waals surface area contributed by atoms with Gasteiger partial charge in [-0.05, 0) is 18.4 Å². The van der Waals surface area contributed by atoms with Crippen molar-refractivity contribution < 1.29 is 5.11 Å². The van der Waals surface area contributed by atoms with E-state index < -0.39 is 0 Å². The lowest BCUT2D eigenvalue weighted by Crippen LogP contribution is -2.14. The van der Waals surface area contributed by atoms with E-state index in [0.717, 1.165) is 15.4 Å². The Bertz CT molecular complexity index is 382. The highest BCUT2D eigenvalue weighted by Gasteiger charge is 2.13. The maximum Gasteiger partial charge on any atom is 0.125 e. The van der Waals surface area contributed by atoms with Crippen LogP contribution in [0, 0.1) is 5.41 Å². The van der Waals surface area contributed by atoms with Gasteiger partial charge in [-0.1, -0.05) is 13.0 Å². The van der Waals surface area contributed by atoms with Gasteiger partial charge in [0, 0.05) is 20.6 Å². The molecule has 0 aliphatic carbocycles. The molecule has 0 fully saturated rings. The number of nitrogen functional groups attached to an aromatic ring is 1. The van der Waals surface area contributed by atoms with Gasteiger partial charge in [0.05, 0.1) is 6.61 Å². The standard InChI is InChI=1S/C11H16N2OS2/c1-7(6-14)16-9-5-3-4-8(15-2)10(9)11(12)13/h3-5,7,14H,6H2,1-2H3,(H3,12,13). The Hall–Kier alpha value is -0.650. The summed E-state index contributed by atoms with van der Waals surface area (Å²) in [5.74, 6) is 0.0811. The minimum absolute atomic E-state index is 0.0811. The second-order valence-electron chi connectivity index (χ2n) is 3.36. The van der Waals surface area contributed by atoms with Crippen molar-refractivity contribution in [2.45, 2.75) is 22.0 Å². The average Bonchev–Trinajstić information content (AvgIpc) is 2.28. The van der Waals surface area contributed by atoms with Gasteiger partial charge in [-0.3, -0.25) is 5.41 Å². The number of hydrogen-bond donors (Lipinski definition) is 3. The molecule has 5 heteroatoms. The lowest BCUT2D eigenvalue weighted by atomic mass is 10.2. The lowest BCUT2D eigenvalue weighted by Gasteiger charge is -2.14. The van der Waals surface area contributed by atoms with Crippen molar-refractivity contribution in [3.63, 3.8) is 0 Å². The van der Waals surface area contributed by atoms with E-state index in [1.54, 1.807) is 23.5 Å². The number of rotatable bonds is 5. The van der Waals surface area contributed by atoms with E-state index in [0.29, 0.717) is 0 Å². The van der Waals surface area contributed by atoms with Gasteiger partial charge in [0.15, 0.2) is 0 Å². The van der Waals surface area contributed by atoms with Crippen LogP contribution in [0.25, 0.3) is 0 Å². The molecule has 0 radical (unpaired) electrons. The van der Waals surface area contributed by atoms with Gasteiger partial charge in [-0.15, -0.1) is 23.5 Å². The molecular weight excluding hydrogens is 240 g/mol. The molecule has 0 saturated heterocycles. The molecule has 0 aromatic heterocycles. The number of nitrogens with two attached hydrogens (primary N) is 1. The maximum absolute atomic E-state index is 9.04. The predicted molar refractivity (Wildman–Crippen MR) is 71.6 cm³/mol. The van der Waals surface area contributed by atoms with E-state index >= 15 is 0 Å². The molecule has 1 aromatic rings. The zero-order valence-electron chi connectivity index (χ0n) is 9.36. The quantitative estimate of drug-likeness (QED) is 0.429. The highest BCUT2D eigenvalue weighted by Crippen LogP contribution is 2.32. The number of hydrogen-bond acceptors (Lipinski definition) is 4. The highest BCUT2D eigenvalue weighted by molar-refractivity contribution is 8.00. The van der Waals surface area contributed by atoms with Crippen molar-refractivity contribution in [3.05, 3.63) is 23.8 Å². The molecule has 4 N–H and O–H groups in total. The van der Waals surface area contributed by atoms with Crippen molar-refractivity contribution >= 4 is 29.4 Å². The fraction of sp³-hybridized carbons (Fsp3) is 0.364.